The fourth-order valence-electron chi connectivity index (χ4n) is 3.03. The highest BCUT2D eigenvalue weighted by molar-refractivity contribution is 7.89. The first-order valence-corrected chi connectivity index (χ1v) is 9.46. The van der Waals surface area contributed by atoms with Gasteiger partial charge in [-0.15, -0.1) is 0 Å². The van der Waals surface area contributed by atoms with E-state index in [2.05, 4.69) is 11.8 Å². The van der Waals surface area contributed by atoms with Crippen LogP contribution < -0.4 is 0 Å². The Hall–Kier alpha value is -0.890. The highest BCUT2D eigenvalue weighted by atomic mass is 32.2. The summed E-state index contributed by atoms with van der Waals surface area (Å²) in [7, 11) is -3.45. The molecule has 2 aliphatic heterocycles. The van der Waals surface area contributed by atoms with Gasteiger partial charge in [0.25, 0.3) is 10.0 Å². The second-order valence-electron chi connectivity index (χ2n) is 5.97. The van der Waals surface area contributed by atoms with Gasteiger partial charge < -0.3 is 9.15 Å². The maximum absolute atomic E-state index is 12.4. The van der Waals surface area contributed by atoms with Crippen LogP contribution in [0.2, 0.25) is 0 Å². The Morgan fingerprint density at radius 1 is 1.23 bits per heavy atom. The fourth-order valence-corrected chi connectivity index (χ4v) is 4.47. The van der Waals surface area contributed by atoms with E-state index >= 15 is 0 Å². The number of morpholine rings is 1. The minimum Gasteiger partial charge on any atom is -0.447 e. The van der Waals surface area contributed by atoms with Crippen LogP contribution in [0.25, 0.3) is 0 Å². The van der Waals surface area contributed by atoms with E-state index in [0.717, 1.165) is 39.0 Å². The molecule has 2 fully saturated rings. The van der Waals surface area contributed by atoms with Crippen molar-refractivity contribution in [2.75, 3.05) is 32.8 Å². The number of furan rings is 1. The number of hydrogen-bond acceptors (Lipinski definition) is 5. The summed E-state index contributed by atoms with van der Waals surface area (Å²) in [6.07, 6.45) is 3.11. The molecule has 3 rings (SSSR count). The van der Waals surface area contributed by atoms with Gasteiger partial charge in [0.05, 0.1) is 19.3 Å². The SMILES string of the molecule is CC[C@H]1CN(Cc2ccc(S(=O)(=O)N3CCCC3)o2)CCO1. The average molecular weight is 328 g/mol. The predicted octanol–water partition coefficient (Wildman–Crippen LogP) is 1.67. The summed E-state index contributed by atoms with van der Waals surface area (Å²) in [6, 6.07) is 3.36. The number of hydrogen-bond donors (Lipinski definition) is 0. The highest BCUT2D eigenvalue weighted by Gasteiger charge is 2.30. The molecule has 0 aliphatic carbocycles. The van der Waals surface area contributed by atoms with E-state index in [1.54, 1.807) is 12.1 Å². The summed E-state index contributed by atoms with van der Waals surface area (Å²) in [5.74, 6) is 0.703. The molecule has 1 aromatic rings. The van der Waals surface area contributed by atoms with Gasteiger partial charge >= 0.3 is 0 Å². The van der Waals surface area contributed by atoms with Gasteiger partial charge in [0.1, 0.15) is 5.76 Å². The Labute approximate surface area is 132 Å². The second-order valence-corrected chi connectivity index (χ2v) is 7.84. The predicted molar refractivity (Wildman–Crippen MR) is 82.0 cm³/mol. The van der Waals surface area contributed by atoms with E-state index in [9.17, 15) is 8.42 Å². The summed E-state index contributed by atoms with van der Waals surface area (Å²) in [6.45, 7) is 6.38. The molecule has 22 heavy (non-hydrogen) atoms. The molecule has 2 saturated heterocycles. The van der Waals surface area contributed by atoms with Crippen molar-refractivity contribution in [1.82, 2.24) is 9.21 Å². The van der Waals surface area contributed by atoms with Gasteiger partial charge in [0.15, 0.2) is 0 Å². The maximum Gasteiger partial charge on any atom is 0.276 e. The average Bonchev–Trinajstić information content (AvgIpc) is 3.19. The van der Waals surface area contributed by atoms with Crippen molar-refractivity contribution >= 4 is 10.0 Å². The Morgan fingerprint density at radius 2 is 2.00 bits per heavy atom. The van der Waals surface area contributed by atoms with Gasteiger partial charge in [-0.2, -0.15) is 4.31 Å². The van der Waals surface area contributed by atoms with Crippen LogP contribution >= 0.6 is 0 Å². The number of ether oxygens (including phenoxy) is 1. The second kappa shape index (κ2) is 6.70. The van der Waals surface area contributed by atoms with Crippen molar-refractivity contribution in [3.8, 4) is 0 Å². The lowest BCUT2D eigenvalue weighted by Gasteiger charge is -2.31. The van der Waals surface area contributed by atoms with E-state index < -0.39 is 10.0 Å². The molecular formula is C15H24N2O4S. The third-order valence-corrected chi connectivity index (χ3v) is 6.13. The molecule has 0 bridgehead atoms. The molecule has 1 aromatic heterocycles. The van der Waals surface area contributed by atoms with E-state index in [4.69, 9.17) is 9.15 Å². The maximum atomic E-state index is 12.4. The summed E-state index contributed by atoms with van der Waals surface area (Å²) in [4.78, 5) is 2.25. The van der Waals surface area contributed by atoms with Crippen LogP contribution in [-0.2, 0) is 21.3 Å². The van der Waals surface area contributed by atoms with E-state index in [-0.39, 0.29) is 11.2 Å². The van der Waals surface area contributed by atoms with Crippen molar-refractivity contribution in [3.63, 3.8) is 0 Å². The van der Waals surface area contributed by atoms with Gasteiger partial charge in [0.2, 0.25) is 5.09 Å². The quantitative estimate of drug-likeness (QED) is 0.823. The van der Waals surface area contributed by atoms with Crippen LogP contribution in [0, 0.1) is 0 Å². The zero-order chi connectivity index (χ0) is 15.6. The van der Waals surface area contributed by atoms with Crippen molar-refractivity contribution in [3.05, 3.63) is 17.9 Å². The highest BCUT2D eigenvalue weighted by Crippen LogP contribution is 2.23. The summed E-state index contributed by atoms with van der Waals surface area (Å²) >= 11 is 0. The lowest BCUT2D eigenvalue weighted by molar-refractivity contribution is -0.0344. The molecule has 3 heterocycles. The normalized spacial score (nSPS) is 24.9. The molecule has 124 valence electrons. The lowest BCUT2D eigenvalue weighted by atomic mass is 10.2. The Kier molecular flexibility index (Phi) is 4.87. The molecule has 0 amide bonds. The van der Waals surface area contributed by atoms with Gasteiger partial charge in [0, 0.05) is 26.2 Å². The first-order valence-electron chi connectivity index (χ1n) is 8.02. The number of rotatable bonds is 5. The standard InChI is InChI=1S/C15H24N2O4S/c1-2-13-11-16(9-10-20-13)12-14-5-6-15(21-14)22(18,19)17-7-3-4-8-17/h5-6,13H,2-4,7-12H2,1H3/t13-/m0/s1. The zero-order valence-electron chi connectivity index (χ0n) is 13.0. The third-order valence-electron chi connectivity index (χ3n) is 4.35. The number of sulfonamides is 1. The zero-order valence-corrected chi connectivity index (χ0v) is 13.8. The van der Waals surface area contributed by atoms with E-state index in [1.165, 1.54) is 4.31 Å². The molecule has 6 nitrogen and oxygen atoms in total. The lowest BCUT2D eigenvalue weighted by Crippen LogP contribution is -2.41. The minimum absolute atomic E-state index is 0.0738. The summed E-state index contributed by atoms with van der Waals surface area (Å²) in [5.41, 5.74) is 0. The van der Waals surface area contributed by atoms with Crippen LogP contribution in [0.5, 0.6) is 0 Å². The van der Waals surface area contributed by atoms with Crippen LogP contribution in [0.1, 0.15) is 31.9 Å². The van der Waals surface area contributed by atoms with Gasteiger partial charge in [-0.1, -0.05) is 6.92 Å². The molecule has 2 aliphatic rings. The molecule has 0 aromatic carbocycles. The van der Waals surface area contributed by atoms with Crippen LogP contribution in [-0.4, -0.2) is 56.5 Å². The molecule has 0 radical (unpaired) electrons. The third kappa shape index (κ3) is 3.37. The fraction of sp³-hybridized carbons (Fsp3) is 0.733. The molecule has 0 unspecified atom stereocenters. The van der Waals surface area contributed by atoms with Crippen LogP contribution in [0.15, 0.2) is 21.6 Å². The summed E-state index contributed by atoms with van der Waals surface area (Å²) in [5, 5.41) is 0.0738. The number of nitrogens with zero attached hydrogens (tertiary/aromatic N) is 2. The Morgan fingerprint density at radius 3 is 2.73 bits per heavy atom. The van der Waals surface area contributed by atoms with Crippen molar-refractivity contribution in [2.24, 2.45) is 0 Å². The first-order chi connectivity index (χ1) is 10.6. The smallest absolute Gasteiger partial charge is 0.276 e. The Bertz CT molecular complexity index is 592. The minimum atomic E-state index is -3.45. The van der Waals surface area contributed by atoms with E-state index in [1.807, 2.05) is 0 Å². The molecule has 0 saturated carbocycles. The molecule has 7 heteroatoms. The topological polar surface area (TPSA) is 63.0 Å². The largest absolute Gasteiger partial charge is 0.447 e. The molecule has 0 spiro atoms. The van der Waals surface area contributed by atoms with Gasteiger partial charge in [-0.05, 0) is 31.4 Å². The van der Waals surface area contributed by atoms with Crippen LogP contribution in [0.4, 0.5) is 0 Å². The van der Waals surface area contributed by atoms with Crippen molar-refractivity contribution in [1.29, 1.82) is 0 Å². The van der Waals surface area contributed by atoms with Crippen molar-refractivity contribution < 1.29 is 17.6 Å². The van der Waals surface area contributed by atoms with E-state index in [0.29, 0.717) is 25.4 Å². The monoisotopic (exact) mass is 328 g/mol. The first kappa shape index (κ1) is 16.0. The summed E-state index contributed by atoms with van der Waals surface area (Å²) < 4.78 is 37.7. The van der Waals surface area contributed by atoms with Crippen molar-refractivity contribution in [2.45, 2.75) is 43.9 Å². The van der Waals surface area contributed by atoms with Gasteiger partial charge in [-0.25, -0.2) is 8.42 Å². The Balaban J connectivity index is 1.66. The molecule has 0 N–H and O–H groups in total. The molecule has 1 atom stereocenters. The van der Waals surface area contributed by atoms with Crippen LogP contribution in [0.3, 0.4) is 0 Å². The van der Waals surface area contributed by atoms with Gasteiger partial charge in [-0.3, -0.25) is 4.90 Å². The molecular weight excluding hydrogens is 304 g/mol.